The van der Waals surface area contributed by atoms with Crippen LogP contribution in [0, 0.1) is 5.92 Å². The molecule has 0 spiro atoms. The highest BCUT2D eigenvalue weighted by molar-refractivity contribution is 7.11. The third-order valence-corrected chi connectivity index (χ3v) is 4.37. The Bertz CT molecular complexity index is 556. The number of rotatable bonds is 8. The second-order valence-electron chi connectivity index (χ2n) is 5.70. The zero-order valence-corrected chi connectivity index (χ0v) is 14.3. The van der Waals surface area contributed by atoms with E-state index in [0.29, 0.717) is 5.92 Å². The smallest absolute Gasteiger partial charge is 0.150 e. The van der Waals surface area contributed by atoms with Crippen LogP contribution in [0.3, 0.4) is 0 Å². The standard InChI is InChI=1S/C16H26N4S/c1-5-15-18-16(6-2)20(19-15)11-14-8-7-13(21-14)10-17-9-12(3)4/h7-8,12,17H,5-6,9-11H2,1-4H3. The number of aryl methyl sites for hydroxylation is 2. The van der Waals surface area contributed by atoms with Crippen LogP contribution in [0.25, 0.3) is 0 Å². The predicted molar refractivity (Wildman–Crippen MR) is 88.7 cm³/mol. The molecule has 2 aromatic rings. The number of hydrogen-bond donors (Lipinski definition) is 1. The minimum atomic E-state index is 0.694. The highest BCUT2D eigenvalue weighted by Gasteiger charge is 2.09. The van der Waals surface area contributed by atoms with Crippen LogP contribution >= 0.6 is 11.3 Å². The molecule has 0 fully saturated rings. The van der Waals surface area contributed by atoms with E-state index in [0.717, 1.165) is 44.1 Å². The molecule has 0 amide bonds. The van der Waals surface area contributed by atoms with Crippen molar-refractivity contribution in [2.45, 2.75) is 53.6 Å². The molecule has 0 aliphatic heterocycles. The lowest BCUT2D eigenvalue weighted by Gasteiger charge is -2.05. The van der Waals surface area contributed by atoms with Gasteiger partial charge in [0.25, 0.3) is 0 Å². The third kappa shape index (κ3) is 4.64. The third-order valence-electron chi connectivity index (χ3n) is 3.30. The van der Waals surface area contributed by atoms with Crippen molar-refractivity contribution in [1.29, 1.82) is 0 Å². The van der Waals surface area contributed by atoms with Crippen molar-refractivity contribution in [2.75, 3.05) is 6.54 Å². The Morgan fingerprint density at radius 1 is 1.19 bits per heavy atom. The molecule has 2 rings (SSSR count). The van der Waals surface area contributed by atoms with Gasteiger partial charge in [0.1, 0.15) is 5.82 Å². The van der Waals surface area contributed by atoms with E-state index < -0.39 is 0 Å². The van der Waals surface area contributed by atoms with Crippen LogP contribution < -0.4 is 5.32 Å². The summed E-state index contributed by atoms with van der Waals surface area (Å²) in [6, 6.07) is 4.43. The molecule has 2 aromatic heterocycles. The molecule has 0 saturated heterocycles. The monoisotopic (exact) mass is 306 g/mol. The number of hydrogen-bond acceptors (Lipinski definition) is 4. The van der Waals surface area contributed by atoms with Gasteiger partial charge in [-0.2, -0.15) is 5.10 Å². The first-order valence-electron chi connectivity index (χ1n) is 7.83. The molecule has 0 aliphatic carbocycles. The predicted octanol–water partition coefficient (Wildman–Crippen LogP) is 3.26. The zero-order valence-electron chi connectivity index (χ0n) is 13.5. The molecule has 0 aliphatic rings. The van der Waals surface area contributed by atoms with Crippen LogP contribution in [0.5, 0.6) is 0 Å². The van der Waals surface area contributed by atoms with Gasteiger partial charge in [0, 0.05) is 29.1 Å². The van der Waals surface area contributed by atoms with E-state index in [1.807, 2.05) is 11.3 Å². The normalized spacial score (nSPS) is 11.5. The summed E-state index contributed by atoms with van der Waals surface area (Å²) in [5, 5.41) is 8.08. The SMILES string of the molecule is CCc1nc(CC)n(Cc2ccc(CNCC(C)C)s2)n1. The van der Waals surface area contributed by atoms with Crippen molar-refractivity contribution in [3.8, 4) is 0 Å². The molecule has 4 nitrogen and oxygen atoms in total. The maximum Gasteiger partial charge on any atom is 0.150 e. The number of nitrogens with one attached hydrogen (secondary N) is 1. The van der Waals surface area contributed by atoms with Gasteiger partial charge in [0.15, 0.2) is 5.82 Å². The van der Waals surface area contributed by atoms with Gasteiger partial charge in [-0.25, -0.2) is 9.67 Å². The topological polar surface area (TPSA) is 42.7 Å². The number of nitrogens with zero attached hydrogens (tertiary/aromatic N) is 3. The first-order valence-corrected chi connectivity index (χ1v) is 8.64. The molecule has 1 N–H and O–H groups in total. The average Bonchev–Trinajstić information content (AvgIpc) is 3.05. The van der Waals surface area contributed by atoms with Crippen molar-refractivity contribution >= 4 is 11.3 Å². The van der Waals surface area contributed by atoms with Crippen molar-refractivity contribution in [3.05, 3.63) is 33.5 Å². The molecule has 0 radical (unpaired) electrons. The highest BCUT2D eigenvalue weighted by atomic mass is 32.1. The van der Waals surface area contributed by atoms with Crippen LogP contribution in [-0.2, 0) is 25.9 Å². The molecule has 2 heterocycles. The molecular formula is C16H26N4S. The quantitative estimate of drug-likeness (QED) is 0.814. The fraction of sp³-hybridized carbons (Fsp3) is 0.625. The lowest BCUT2D eigenvalue weighted by atomic mass is 10.2. The fourth-order valence-electron chi connectivity index (χ4n) is 2.20. The Hall–Kier alpha value is -1.20. The van der Waals surface area contributed by atoms with Crippen molar-refractivity contribution in [2.24, 2.45) is 5.92 Å². The molecule has 0 aromatic carbocycles. The first-order chi connectivity index (χ1) is 10.1. The van der Waals surface area contributed by atoms with E-state index in [9.17, 15) is 0 Å². The minimum absolute atomic E-state index is 0.694. The largest absolute Gasteiger partial charge is 0.312 e. The fourth-order valence-corrected chi connectivity index (χ4v) is 3.17. The van der Waals surface area contributed by atoms with E-state index in [4.69, 9.17) is 0 Å². The van der Waals surface area contributed by atoms with E-state index in [1.165, 1.54) is 9.75 Å². The second kappa shape index (κ2) is 7.71. The minimum Gasteiger partial charge on any atom is -0.312 e. The summed E-state index contributed by atoms with van der Waals surface area (Å²) in [5.74, 6) is 2.72. The van der Waals surface area contributed by atoms with Gasteiger partial charge < -0.3 is 5.32 Å². The zero-order chi connectivity index (χ0) is 15.2. The van der Waals surface area contributed by atoms with Gasteiger partial charge in [0.2, 0.25) is 0 Å². The summed E-state index contributed by atoms with van der Waals surface area (Å²) in [6.45, 7) is 11.6. The van der Waals surface area contributed by atoms with E-state index in [2.05, 4.69) is 59.9 Å². The summed E-state index contributed by atoms with van der Waals surface area (Å²) in [5.41, 5.74) is 0. The Morgan fingerprint density at radius 2 is 1.95 bits per heavy atom. The number of aromatic nitrogens is 3. The van der Waals surface area contributed by atoms with Gasteiger partial charge in [-0.3, -0.25) is 0 Å². The highest BCUT2D eigenvalue weighted by Crippen LogP contribution is 2.18. The van der Waals surface area contributed by atoms with Crippen LogP contribution in [0.15, 0.2) is 12.1 Å². The molecule has 5 heteroatoms. The number of thiophene rings is 1. The van der Waals surface area contributed by atoms with E-state index >= 15 is 0 Å². The van der Waals surface area contributed by atoms with Crippen LogP contribution in [0.2, 0.25) is 0 Å². The summed E-state index contributed by atoms with van der Waals surface area (Å²) in [7, 11) is 0. The molecule has 0 atom stereocenters. The van der Waals surface area contributed by atoms with E-state index in [-0.39, 0.29) is 0 Å². The lowest BCUT2D eigenvalue weighted by Crippen LogP contribution is -2.18. The van der Waals surface area contributed by atoms with Crippen molar-refractivity contribution in [3.63, 3.8) is 0 Å². The molecule has 0 bridgehead atoms. The van der Waals surface area contributed by atoms with Gasteiger partial charge in [-0.05, 0) is 24.6 Å². The Balaban J connectivity index is 1.97. The molecule has 116 valence electrons. The van der Waals surface area contributed by atoms with Crippen LogP contribution in [0.4, 0.5) is 0 Å². The Morgan fingerprint density at radius 3 is 2.62 bits per heavy atom. The summed E-state index contributed by atoms with van der Waals surface area (Å²) in [6.07, 6.45) is 1.83. The molecule has 21 heavy (non-hydrogen) atoms. The maximum atomic E-state index is 4.59. The van der Waals surface area contributed by atoms with Crippen LogP contribution in [0.1, 0.15) is 49.1 Å². The van der Waals surface area contributed by atoms with Crippen molar-refractivity contribution in [1.82, 2.24) is 20.1 Å². The van der Waals surface area contributed by atoms with E-state index in [1.54, 1.807) is 0 Å². The second-order valence-corrected chi connectivity index (χ2v) is 6.95. The van der Waals surface area contributed by atoms with Gasteiger partial charge >= 0.3 is 0 Å². The molecule has 0 saturated carbocycles. The molecule has 0 unspecified atom stereocenters. The average molecular weight is 306 g/mol. The summed E-state index contributed by atoms with van der Waals surface area (Å²) < 4.78 is 2.05. The van der Waals surface area contributed by atoms with Gasteiger partial charge in [-0.1, -0.05) is 27.7 Å². The van der Waals surface area contributed by atoms with Gasteiger partial charge in [0.05, 0.1) is 6.54 Å². The van der Waals surface area contributed by atoms with Crippen LogP contribution in [-0.4, -0.2) is 21.3 Å². The van der Waals surface area contributed by atoms with Gasteiger partial charge in [-0.15, -0.1) is 11.3 Å². The summed E-state index contributed by atoms with van der Waals surface area (Å²) >= 11 is 1.86. The first kappa shape index (κ1) is 16.2. The Kier molecular flexibility index (Phi) is 5.94. The maximum absolute atomic E-state index is 4.59. The summed E-state index contributed by atoms with van der Waals surface area (Å²) in [4.78, 5) is 7.30. The van der Waals surface area contributed by atoms with Crippen molar-refractivity contribution < 1.29 is 0 Å². The molecular weight excluding hydrogens is 280 g/mol. The lowest BCUT2D eigenvalue weighted by molar-refractivity contribution is 0.555. The Labute approximate surface area is 131 Å².